The molecule has 0 spiro atoms. The summed E-state index contributed by atoms with van der Waals surface area (Å²) in [6, 6.07) is 0. The van der Waals surface area contributed by atoms with Gasteiger partial charge in [0.25, 0.3) is 5.91 Å². The third kappa shape index (κ3) is 2.10. The van der Waals surface area contributed by atoms with Crippen LogP contribution in [0.25, 0.3) is 6.08 Å². The predicted molar refractivity (Wildman–Crippen MR) is 66.5 cm³/mol. The lowest BCUT2D eigenvalue weighted by atomic mass is 10.0. The van der Waals surface area contributed by atoms with Crippen molar-refractivity contribution in [2.45, 2.75) is 19.8 Å². The van der Waals surface area contributed by atoms with Gasteiger partial charge in [0.1, 0.15) is 5.03 Å². The van der Waals surface area contributed by atoms with Gasteiger partial charge in [0, 0.05) is 18.7 Å². The van der Waals surface area contributed by atoms with E-state index in [1.807, 2.05) is 6.92 Å². The first kappa shape index (κ1) is 12.2. The molecule has 1 aromatic rings. The zero-order valence-corrected chi connectivity index (χ0v) is 10.8. The van der Waals surface area contributed by atoms with E-state index in [9.17, 15) is 4.79 Å². The number of rotatable bonds is 3. The zero-order chi connectivity index (χ0) is 12.6. The monoisotopic (exact) mass is 253 g/mol. The van der Waals surface area contributed by atoms with Crippen LogP contribution >= 0.6 is 11.6 Å². The summed E-state index contributed by atoms with van der Waals surface area (Å²) in [5, 5.41) is 4.12. The van der Waals surface area contributed by atoms with Crippen LogP contribution in [0, 0.1) is 6.92 Å². The Kier molecular flexibility index (Phi) is 3.26. The SMILES string of the molecule is COC[C@@H](C)c1[nH]c2c(c1C)[N]C(=O)C(Cl)=C2. The minimum atomic E-state index is -0.382. The number of carbonyl (C=O) groups excluding carboxylic acids is 1. The molecule has 0 fully saturated rings. The van der Waals surface area contributed by atoms with Gasteiger partial charge in [-0.05, 0) is 18.6 Å². The number of ether oxygens (including phenoxy) is 1. The topological polar surface area (TPSA) is 56.2 Å². The molecule has 1 aliphatic heterocycles. The Balaban J connectivity index is 2.41. The number of methoxy groups -OCH3 is 1. The number of carbonyl (C=O) groups is 1. The van der Waals surface area contributed by atoms with E-state index in [1.54, 1.807) is 13.2 Å². The largest absolute Gasteiger partial charge is 0.384 e. The molecule has 1 atom stereocenters. The molecule has 0 aromatic carbocycles. The molecule has 5 heteroatoms. The molecule has 2 heterocycles. The van der Waals surface area contributed by atoms with Gasteiger partial charge in [-0.25, -0.2) is 5.32 Å². The van der Waals surface area contributed by atoms with E-state index in [1.165, 1.54) is 0 Å². The molecule has 0 aliphatic carbocycles. The molecule has 0 bridgehead atoms. The van der Waals surface area contributed by atoms with Crippen LogP contribution in [0.4, 0.5) is 5.69 Å². The van der Waals surface area contributed by atoms with Crippen LogP contribution in [0.5, 0.6) is 0 Å². The fraction of sp³-hybridized carbons (Fsp3) is 0.417. The lowest BCUT2D eigenvalue weighted by molar-refractivity contribution is -0.116. The van der Waals surface area contributed by atoms with Crippen LogP contribution in [-0.4, -0.2) is 24.6 Å². The molecule has 17 heavy (non-hydrogen) atoms. The van der Waals surface area contributed by atoms with E-state index < -0.39 is 0 Å². The number of aromatic nitrogens is 1. The quantitative estimate of drug-likeness (QED) is 0.900. The summed E-state index contributed by atoms with van der Waals surface area (Å²) in [6.45, 7) is 4.62. The van der Waals surface area contributed by atoms with Crippen molar-refractivity contribution in [1.29, 1.82) is 0 Å². The highest BCUT2D eigenvalue weighted by molar-refractivity contribution is 6.45. The summed E-state index contributed by atoms with van der Waals surface area (Å²) >= 11 is 5.77. The van der Waals surface area contributed by atoms with Gasteiger partial charge < -0.3 is 9.72 Å². The highest BCUT2D eigenvalue weighted by atomic mass is 35.5. The number of amides is 1. The molecule has 0 saturated heterocycles. The predicted octanol–water partition coefficient (Wildman–Crippen LogP) is 2.43. The van der Waals surface area contributed by atoms with Crippen LogP contribution in [0.3, 0.4) is 0 Å². The van der Waals surface area contributed by atoms with Crippen molar-refractivity contribution in [2.75, 3.05) is 13.7 Å². The van der Waals surface area contributed by atoms with Crippen molar-refractivity contribution in [3.63, 3.8) is 0 Å². The maximum absolute atomic E-state index is 11.4. The Hall–Kier alpha value is -1.26. The van der Waals surface area contributed by atoms with Gasteiger partial charge in [-0.2, -0.15) is 0 Å². The molecule has 1 aliphatic rings. The zero-order valence-electron chi connectivity index (χ0n) is 10.0. The second-order valence-corrected chi connectivity index (χ2v) is 4.60. The molecular formula is C12H14ClN2O2. The standard InChI is InChI=1S/C12H14ClN2O2/c1-6(5-17-3)10-7(2)11-9(14-10)4-8(13)12(16)15-11/h4,6,14H,5H2,1-3H3/t6-/m1/s1. The number of H-pyrrole nitrogens is 1. The molecule has 4 nitrogen and oxygen atoms in total. The average Bonchev–Trinajstić information content (AvgIpc) is 2.58. The van der Waals surface area contributed by atoms with Gasteiger partial charge >= 0.3 is 0 Å². The first-order chi connectivity index (χ1) is 8.04. The van der Waals surface area contributed by atoms with E-state index in [0.717, 1.165) is 17.0 Å². The third-order valence-electron chi connectivity index (χ3n) is 2.88. The second kappa shape index (κ2) is 4.55. The first-order valence-electron chi connectivity index (χ1n) is 5.39. The van der Waals surface area contributed by atoms with Crippen molar-refractivity contribution in [3.8, 4) is 0 Å². The van der Waals surface area contributed by atoms with E-state index in [2.05, 4.69) is 17.2 Å². The molecule has 1 aromatic heterocycles. The Labute approximate surface area is 105 Å². The summed E-state index contributed by atoms with van der Waals surface area (Å²) in [5.74, 6) is -0.157. The lowest BCUT2D eigenvalue weighted by Gasteiger charge is -2.09. The van der Waals surface area contributed by atoms with E-state index in [4.69, 9.17) is 16.3 Å². The minimum Gasteiger partial charge on any atom is -0.384 e. The van der Waals surface area contributed by atoms with E-state index in [0.29, 0.717) is 12.3 Å². The van der Waals surface area contributed by atoms with E-state index in [-0.39, 0.29) is 16.9 Å². The Morgan fingerprint density at radius 1 is 1.59 bits per heavy atom. The molecule has 1 radical (unpaired) electrons. The number of hydrogen-bond donors (Lipinski definition) is 1. The summed E-state index contributed by atoms with van der Waals surface area (Å²) in [6.07, 6.45) is 1.63. The average molecular weight is 254 g/mol. The Bertz CT molecular complexity index is 491. The number of fused-ring (bicyclic) bond motifs is 1. The highest BCUT2D eigenvalue weighted by Gasteiger charge is 2.25. The van der Waals surface area contributed by atoms with Crippen LogP contribution in [0.2, 0.25) is 0 Å². The van der Waals surface area contributed by atoms with Gasteiger partial charge in [-0.1, -0.05) is 18.5 Å². The summed E-state index contributed by atoms with van der Waals surface area (Å²) < 4.78 is 5.13. The van der Waals surface area contributed by atoms with Gasteiger partial charge in [0.2, 0.25) is 0 Å². The number of hydrogen-bond acceptors (Lipinski definition) is 2. The number of aromatic amines is 1. The van der Waals surface area contributed by atoms with Crippen molar-refractivity contribution in [2.24, 2.45) is 0 Å². The lowest BCUT2D eigenvalue weighted by Crippen LogP contribution is -2.14. The molecular weight excluding hydrogens is 240 g/mol. The molecule has 1 amide bonds. The van der Waals surface area contributed by atoms with Gasteiger partial charge in [0.15, 0.2) is 0 Å². The van der Waals surface area contributed by atoms with Gasteiger partial charge in [0.05, 0.1) is 18.0 Å². The normalized spacial score (nSPS) is 16.2. The number of halogens is 1. The number of nitrogens with one attached hydrogen (secondary N) is 1. The summed E-state index contributed by atoms with van der Waals surface area (Å²) in [5.41, 5.74) is 3.51. The third-order valence-corrected chi connectivity index (χ3v) is 3.15. The Morgan fingerprint density at radius 3 is 2.94 bits per heavy atom. The number of nitrogens with zero attached hydrogens (tertiary/aromatic N) is 1. The van der Waals surface area contributed by atoms with Crippen molar-refractivity contribution in [3.05, 3.63) is 22.0 Å². The second-order valence-electron chi connectivity index (χ2n) is 4.19. The van der Waals surface area contributed by atoms with Gasteiger partial charge in [-0.3, -0.25) is 4.79 Å². The van der Waals surface area contributed by atoms with Crippen molar-refractivity contribution < 1.29 is 9.53 Å². The van der Waals surface area contributed by atoms with Gasteiger partial charge in [-0.15, -0.1) is 0 Å². The van der Waals surface area contributed by atoms with Crippen molar-refractivity contribution in [1.82, 2.24) is 10.3 Å². The molecule has 0 saturated carbocycles. The minimum absolute atomic E-state index is 0.143. The van der Waals surface area contributed by atoms with Crippen LogP contribution in [-0.2, 0) is 9.53 Å². The maximum atomic E-state index is 11.4. The van der Waals surface area contributed by atoms with Crippen molar-refractivity contribution >= 4 is 29.3 Å². The maximum Gasteiger partial charge on any atom is 0.289 e. The molecule has 0 unspecified atom stereocenters. The smallest absolute Gasteiger partial charge is 0.289 e. The molecule has 1 N–H and O–H groups in total. The molecule has 91 valence electrons. The van der Waals surface area contributed by atoms with E-state index >= 15 is 0 Å². The first-order valence-corrected chi connectivity index (χ1v) is 5.77. The van der Waals surface area contributed by atoms with Crippen LogP contribution in [0.15, 0.2) is 5.03 Å². The van der Waals surface area contributed by atoms with Crippen LogP contribution in [0.1, 0.15) is 29.8 Å². The summed E-state index contributed by atoms with van der Waals surface area (Å²) in [4.78, 5) is 14.7. The van der Waals surface area contributed by atoms with Crippen LogP contribution < -0.4 is 5.32 Å². The molecule has 2 rings (SSSR count). The fourth-order valence-corrected chi connectivity index (χ4v) is 2.20. The fourth-order valence-electron chi connectivity index (χ4n) is 2.05. The summed E-state index contributed by atoms with van der Waals surface area (Å²) in [7, 11) is 1.67. The Morgan fingerprint density at radius 2 is 2.29 bits per heavy atom. The highest BCUT2D eigenvalue weighted by Crippen LogP contribution is 2.34.